The third-order valence-corrected chi connectivity index (χ3v) is 3.19. The average Bonchev–Trinajstić information content (AvgIpc) is 2.29. The summed E-state index contributed by atoms with van der Waals surface area (Å²) in [6.45, 7) is 3.99. The van der Waals surface area contributed by atoms with E-state index in [1.54, 1.807) is 11.8 Å². The van der Waals surface area contributed by atoms with Gasteiger partial charge in [0.2, 0.25) is 0 Å². The first-order valence-electron chi connectivity index (χ1n) is 5.08. The van der Waals surface area contributed by atoms with Crippen molar-refractivity contribution in [3.63, 3.8) is 0 Å². The minimum atomic E-state index is 0.167. The highest BCUT2D eigenvalue weighted by Gasteiger charge is 2.05. The van der Waals surface area contributed by atoms with E-state index in [0.29, 0.717) is 6.42 Å². The molecule has 3 heteroatoms. The fourth-order valence-corrected chi connectivity index (χ4v) is 2.03. The predicted molar refractivity (Wildman–Crippen MR) is 63.5 cm³/mol. The van der Waals surface area contributed by atoms with Crippen LogP contribution in [-0.2, 0) is 0 Å². The van der Waals surface area contributed by atoms with Gasteiger partial charge in [0.1, 0.15) is 0 Å². The van der Waals surface area contributed by atoms with Crippen LogP contribution in [0.3, 0.4) is 0 Å². The highest BCUT2D eigenvalue weighted by Crippen LogP contribution is 2.23. The smallest absolute Gasteiger partial charge is 0.162 e. The van der Waals surface area contributed by atoms with Gasteiger partial charge in [-0.15, -0.1) is 11.8 Å². The molecule has 0 amide bonds. The van der Waals surface area contributed by atoms with Crippen LogP contribution in [0.4, 0.5) is 0 Å². The Bertz CT molecular complexity index is 319. The van der Waals surface area contributed by atoms with Crippen molar-refractivity contribution in [2.24, 2.45) is 0 Å². The number of thioether (sulfide) groups is 1. The Hall–Kier alpha value is -0.800. The maximum atomic E-state index is 11.4. The number of aliphatic hydroxyl groups excluding tert-OH is 1. The molecule has 0 fully saturated rings. The summed E-state index contributed by atoms with van der Waals surface area (Å²) in [5.74, 6) is 0.168. The molecule has 0 aliphatic rings. The van der Waals surface area contributed by atoms with Crippen LogP contribution < -0.4 is 0 Å². The summed E-state index contributed by atoms with van der Waals surface area (Å²) in [5, 5.41) is 9.09. The molecular formula is C12H16O2S. The summed E-state index contributed by atoms with van der Waals surface area (Å²) < 4.78 is 0. The molecule has 1 N–H and O–H groups in total. The van der Waals surface area contributed by atoms with Crippen LogP contribution in [0, 0.1) is 0 Å². The van der Waals surface area contributed by atoms with Crippen LogP contribution in [0.25, 0.3) is 0 Å². The zero-order valence-electron chi connectivity index (χ0n) is 9.06. The van der Waals surface area contributed by atoms with E-state index in [9.17, 15) is 4.79 Å². The number of hydrogen-bond acceptors (Lipinski definition) is 3. The fourth-order valence-electron chi connectivity index (χ4n) is 1.19. The van der Waals surface area contributed by atoms with Crippen molar-refractivity contribution in [1.82, 2.24) is 0 Å². The van der Waals surface area contributed by atoms with Gasteiger partial charge in [0.25, 0.3) is 0 Å². The first-order valence-corrected chi connectivity index (χ1v) is 5.96. The van der Waals surface area contributed by atoms with E-state index in [-0.39, 0.29) is 17.6 Å². The Balaban J connectivity index is 2.68. The molecule has 0 radical (unpaired) electrons. The summed E-state index contributed by atoms with van der Waals surface area (Å²) >= 11 is 1.61. The van der Waals surface area contributed by atoms with Crippen molar-refractivity contribution in [2.75, 3.05) is 6.61 Å². The number of rotatable bonds is 5. The van der Waals surface area contributed by atoms with Gasteiger partial charge in [0.15, 0.2) is 5.78 Å². The lowest BCUT2D eigenvalue weighted by atomic mass is 10.1. The van der Waals surface area contributed by atoms with Crippen LogP contribution in [-0.4, -0.2) is 22.7 Å². The Morgan fingerprint density at radius 1 is 1.40 bits per heavy atom. The van der Waals surface area contributed by atoms with Gasteiger partial charge < -0.3 is 5.11 Å². The van der Waals surface area contributed by atoms with Gasteiger partial charge in [-0.1, -0.05) is 26.0 Å². The quantitative estimate of drug-likeness (QED) is 0.617. The minimum absolute atomic E-state index is 0.167. The van der Waals surface area contributed by atoms with E-state index < -0.39 is 0 Å². The lowest BCUT2D eigenvalue weighted by Crippen LogP contribution is -2.01. The lowest BCUT2D eigenvalue weighted by Gasteiger charge is -2.07. The van der Waals surface area contributed by atoms with Crippen molar-refractivity contribution in [3.05, 3.63) is 29.8 Å². The molecule has 0 aliphatic heterocycles. The maximum Gasteiger partial charge on any atom is 0.162 e. The third kappa shape index (κ3) is 3.68. The van der Waals surface area contributed by atoms with Gasteiger partial charge in [-0.3, -0.25) is 4.79 Å². The third-order valence-electron chi connectivity index (χ3n) is 2.09. The molecule has 1 aromatic carbocycles. The Morgan fingerprint density at radius 3 is 2.47 bits per heavy atom. The summed E-state index contributed by atoms with van der Waals surface area (Å²) in [4.78, 5) is 12.4. The van der Waals surface area contributed by atoms with E-state index in [2.05, 4.69) is 0 Å². The van der Waals surface area contributed by atoms with Gasteiger partial charge in [-0.25, -0.2) is 0 Å². The first kappa shape index (κ1) is 12.3. The molecule has 0 aromatic heterocycles. The van der Waals surface area contributed by atoms with E-state index in [1.807, 2.05) is 38.1 Å². The molecule has 2 nitrogen and oxygen atoms in total. The summed E-state index contributed by atoms with van der Waals surface area (Å²) in [5.41, 5.74) is 0.763. The molecule has 0 spiro atoms. The average molecular weight is 224 g/mol. The highest BCUT2D eigenvalue weighted by molar-refractivity contribution is 8.00. The predicted octanol–water partition coefficient (Wildman–Crippen LogP) is 2.75. The maximum absolute atomic E-state index is 11.4. The van der Waals surface area contributed by atoms with Gasteiger partial charge >= 0.3 is 0 Å². The first-order chi connectivity index (χ1) is 7.17. The molecule has 0 bridgehead atoms. The molecule has 0 aliphatic carbocycles. The van der Waals surface area contributed by atoms with Crippen LogP contribution >= 0.6 is 11.8 Å². The molecule has 15 heavy (non-hydrogen) atoms. The number of carbonyl (C=O) groups excluding carboxylic acids is 1. The van der Waals surface area contributed by atoms with Crippen molar-refractivity contribution < 1.29 is 9.90 Å². The largest absolute Gasteiger partial charge is 0.395 e. The summed E-state index contributed by atoms with van der Waals surface area (Å²) in [6, 6.07) is 7.55. The summed E-state index contributed by atoms with van der Waals surface area (Å²) in [7, 11) is 0. The molecule has 0 saturated carbocycles. The number of carbonyl (C=O) groups is 1. The fraction of sp³-hybridized carbons (Fsp3) is 0.417. The normalized spacial score (nSPS) is 12.5. The van der Waals surface area contributed by atoms with E-state index in [0.717, 1.165) is 10.5 Å². The number of aliphatic hydroxyl groups is 1. The number of Topliss-reactive ketones (excluding diaryl/α,β-unsaturated/α-hetero) is 1. The van der Waals surface area contributed by atoms with Crippen LogP contribution in [0.15, 0.2) is 29.2 Å². The Kier molecular flexibility index (Phi) is 4.85. The Morgan fingerprint density at radius 2 is 2.00 bits per heavy atom. The molecule has 0 heterocycles. The zero-order chi connectivity index (χ0) is 11.3. The van der Waals surface area contributed by atoms with E-state index >= 15 is 0 Å². The van der Waals surface area contributed by atoms with Crippen molar-refractivity contribution >= 4 is 17.5 Å². The van der Waals surface area contributed by atoms with Crippen LogP contribution in [0.5, 0.6) is 0 Å². The second-order valence-corrected chi connectivity index (χ2v) is 4.92. The van der Waals surface area contributed by atoms with Gasteiger partial charge in [0, 0.05) is 22.1 Å². The summed E-state index contributed by atoms with van der Waals surface area (Å²) in [6.07, 6.45) is 0.541. The topological polar surface area (TPSA) is 37.3 Å². The SMILES string of the molecule is CCC(=O)c1ccc(SC(C)CO)cc1. The monoisotopic (exact) mass is 224 g/mol. The molecule has 1 unspecified atom stereocenters. The lowest BCUT2D eigenvalue weighted by molar-refractivity contribution is 0.0988. The second-order valence-electron chi connectivity index (χ2n) is 3.41. The van der Waals surface area contributed by atoms with Crippen molar-refractivity contribution in [1.29, 1.82) is 0 Å². The van der Waals surface area contributed by atoms with E-state index in [4.69, 9.17) is 5.11 Å². The van der Waals surface area contributed by atoms with E-state index in [1.165, 1.54) is 0 Å². The minimum Gasteiger partial charge on any atom is -0.395 e. The molecular weight excluding hydrogens is 208 g/mol. The molecule has 1 aromatic rings. The van der Waals surface area contributed by atoms with Gasteiger partial charge in [0.05, 0.1) is 6.61 Å². The zero-order valence-corrected chi connectivity index (χ0v) is 9.88. The number of ketones is 1. The second kappa shape index (κ2) is 5.93. The molecule has 1 rings (SSSR count). The molecule has 1 atom stereocenters. The van der Waals surface area contributed by atoms with Crippen LogP contribution in [0.1, 0.15) is 30.6 Å². The van der Waals surface area contributed by atoms with Crippen molar-refractivity contribution in [3.8, 4) is 0 Å². The van der Waals surface area contributed by atoms with Gasteiger partial charge in [-0.2, -0.15) is 0 Å². The Labute approximate surface area is 94.7 Å². The molecule has 0 saturated heterocycles. The molecule has 82 valence electrons. The van der Waals surface area contributed by atoms with Gasteiger partial charge in [-0.05, 0) is 12.1 Å². The standard InChI is InChI=1S/C12H16O2S/c1-3-12(14)10-4-6-11(7-5-10)15-9(2)8-13/h4-7,9,13H,3,8H2,1-2H3. The number of benzene rings is 1. The van der Waals surface area contributed by atoms with Crippen LogP contribution in [0.2, 0.25) is 0 Å². The van der Waals surface area contributed by atoms with Crippen molar-refractivity contribution in [2.45, 2.75) is 30.4 Å². The number of hydrogen-bond donors (Lipinski definition) is 1. The highest BCUT2D eigenvalue weighted by atomic mass is 32.2.